The number of Topliss-reactive ketones (excluding diaryl/α,β-unsaturated/α-hetero) is 1. The minimum Gasteiger partial charge on any atom is -0.391 e. The van der Waals surface area contributed by atoms with E-state index < -0.39 is 0 Å². The van der Waals surface area contributed by atoms with Crippen LogP contribution in [0.2, 0.25) is 0 Å². The molecular formula is C7H13NO. The highest BCUT2D eigenvalue weighted by atomic mass is 16.1. The van der Waals surface area contributed by atoms with Crippen molar-refractivity contribution in [1.82, 2.24) is 5.32 Å². The summed E-state index contributed by atoms with van der Waals surface area (Å²) < 4.78 is 0. The molecule has 0 fully saturated rings. The van der Waals surface area contributed by atoms with Crippen molar-refractivity contribution in [3.8, 4) is 0 Å². The number of nitrogens with one attached hydrogen (secondary N) is 1. The summed E-state index contributed by atoms with van der Waals surface area (Å²) in [5.41, 5.74) is 0. The molecule has 0 amide bonds. The Kier molecular flexibility index (Phi) is 3.76. The van der Waals surface area contributed by atoms with Gasteiger partial charge in [0.05, 0.1) is 0 Å². The SMILES string of the molecule is C=CNCC(C)C(C)=O. The molecule has 0 aliphatic rings. The molecule has 0 aliphatic heterocycles. The van der Waals surface area contributed by atoms with Crippen molar-refractivity contribution in [3.05, 3.63) is 12.8 Å². The summed E-state index contributed by atoms with van der Waals surface area (Å²) in [6, 6.07) is 0. The summed E-state index contributed by atoms with van der Waals surface area (Å²) in [6.45, 7) is 7.64. The molecular weight excluding hydrogens is 114 g/mol. The maximum atomic E-state index is 10.6. The topological polar surface area (TPSA) is 29.1 Å². The van der Waals surface area contributed by atoms with Gasteiger partial charge in [0, 0.05) is 12.5 Å². The molecule has 0 aliphatic carbocycles. The van der Waals surface area contributed by atoms with Gasteiger partial charge in [-0.3, -0.25) is 4.79 Å². The molecule has 0 aromatic rings. The van der Waals surface area contributed by atoms with Crippen LogP contribution in [0.4, 0.5) is 0 Å². The summed E-state index contributed by atoms with van der Waals surface area (Å²) in [4.78, 5) is 10.6. The Labute approximate surface area is 56.0 Å². The van der Waals surface area contributed by atoms with Gasteiger partial charge in [-0.05, 0) is 13.1 Å². The van der Waals surface area contributed by atoms with Crippen molar-refractivity contribution in [2.75, 3.05) is 6.54 Å². The molecule has 0 saturated carbocycles. The fraction of sp³-hybridized carbons (Fsp3) is 0.571. The van der Waals surface area contributed by atoms with E-state index in [9.17, 15) is 4.79 Å². The van der Waals surface area contributed by atoms with Crippen LogP contribution < -0.4 is 5.32 Å². The first-order chi connectivity index (χ1) is 4.18. The molecule has 0 bridgehead atoms. The van der Waals surface area contributed by atoms with Crippen molar-refractivity contribution >= 4 is 5.78 Å². The Morgan fingerprint density at radius 1 is 1.89 bits per heavy atom. The van der Waals surface area contributed by atoms with E-state index >= 15 is 0 Å². The van der Waals surface area contributed by atoms with Crippen LogP contribution in [0.3, 0.4) is 0 Å². The molecule has 1 unspecified atom stereocenters. The zero-order chi connectivity index (χ0) is 7.28. The summed E-state index contributed by atoms with van der Waals surface area (Å²) in [5, 5.41) is 2.87. The van der Waals surface area contributed by atoms with Gasteiger partial charge in [0.25, 0.3) is 0 Å². The lowest BCUT2D eigenvalue weighted by molar-refractivity contribution is -0.120. The lowest BCUT2D eigenvalue weighted by Crippen LogP contribution is -2.20. The van der Waals surface area contributed by atoms with E-state index in [-0.39, 0.29) is 11.7 Å². The van der Waals surface area contributed by atoms with Gasteiger partial charge in [-0.1, -0.05) is 13.5 Å². The van der Waals surface area contributed by atoms with E-state index in [0.29, 0.717) is 6.54 Å². The Hall–Kier alpha value is -0.790. The van der Waals surface area contributed by atoms with Gasteiger partial charge in [0.2, 0.25) is 0 Å². The van der Waals surface area contributed by atoms with Gasteiger partial charge < -0.3 is 5.32 Å². The molecule has 9 heavy (non-hydrogen) atoms. The third-order valence-electron chi connectivity index (χ3n) is 1.26. The van der Waals surface area contributed by atoms with Crippen molar-refractivity contribution in [3.63, 3.8) is 0 Å². The quantitative estimate of drug-likeness (QED) is 0.609. The van der Waals surface area contributed by atoms with Gasteiger partial charge in [0.15, 0.2) is 0 Å². The maximum absolute atomic E-state index is 10.6. The Morgan fingerprint density at radius 3 is 2.78 bits per heavy atom. The van der Waals surface area contributed by atoms with E-state index in [1.807, 2.05) is 6.92 Å². The number of hydrogen-bond acceptors (Lipinski definition) is 2. The molecule has 2 nitrogen and oxygen atoms in total. The first-order valence-electron chi connectivity index (χ1n) is 3.03. The van der Waals surface area contributed by atoms with E-state index in [2.05, 4.69) is 11.9 Å². The minimum absolute atomic E-state index is 0.1000. The molecule has 52 valence electrons. The number of rotatable bonds is 4. The first-order valence-corrected chi connectivity index (χ1v) is 3.03. The lowest BCUT2D eigenvalue weighted by Gasteiger charge is -2.05. The second-order valence-corrected chi connectivity index (χ2v) is 2.12. The molecule has 1 N–H and O–H groups in total. The van der Waals surface area contributed by atoms with E-state index in [1.54, 1.807) is 13.1 Å². The lowest BCUT2D eigenvalue weighted by atomic mass is 10.1. The fourth-order valence-corrected chi connectivity index (χ4v) is 0.404. The van der Waals surface area contributed by atoms with Crippen LogP contribution in [0.1, 0.15) is 13.8 Å². The van der Waals surface area contributed by atoms with Gasteiger partial charge >= 0.3 is 0 Å². The van der Waals surface area contributed by atoms with Crippen LogP contribution in [0, 0.1) is 5.92 Å². The van der Waals surface area contributed by atoms with Crippen molar-refractivity contribution in [1.29, 1.82) is 0 Å². The monoisotopic (exact) mass is 127 g/mol. The van der Waals surface area contributed by atoms with E-state index in [0.717, 1.165) is 0 Å². The minimum atomic E-state index is 0.1000. The summed E-state index contributed by atoms with van der Waals surface area (Å²) in [7, 11) is 0. The molecule has 0 aromatic carbocycles. The number of hydrogen-bond donors (Lipinski definition) is 1. The predicted octanol–water partition coefficient (Wildman–Crippen LogP) is 0.945. The standard InChI is InChI=1S/C7H13NO/c1-4-8-5-6(2)7(3)9/h4,6,8H,1,5H2,2-3H3. The van der Waals surface area contributed by atoms with Crippen LogP contribution in [-0.4, -0.2) is 12.3 Å². The second-order valence-electron chi connectivity index (χ2n) is 2.12. The third-order valence-corrected chi connectivity index (χ3v) is 1.26. The smallest absolute Gasteiger partial charge is 0.134 e. The highest BCUT2D eigenvalue weighted by Crippen LogP contribution is 1.92. The van der Waals surface area contributed by atoms with Crippen LogP contribution in [-0.2, 0) is 4.79 Å². The molecule has 1 atom stereocenters. The molecule has 0 aromatic heterocycles. The van der Waals surface area contributed by atoms with Crippen LogP contribution in [0.5, 0.6) is 0 Å². The first kappa shape index (κ1) is 8.21. The fourth-order valence-electron chi connectivity index (χ4n) is 0.404. The van der Waals surface area contributed by atoms with Crippen molar-refractivity contribution in [2.45, 2.75) is 13.8 Å². The normalized spacial score (nSPS) is 12.2. The molecule has 0 radical (unpaired) electrons. The zero-order valence-electron chi connectivity index (χ0n) is 5.98. The average Bonchev–Trinajstić information content (AvgIpc) is 1.82. The predicted molar refractivity (Wildman–Crippen MR) is 38.0 cm³/mol. The van der Waals surface area contributed by atoms with Crippen LogP contribution >= 0.6 is 0 Å². The summed E-state index contributed by atoms with van der Waals surface area (Å²) in [5.74, 6) is 0.312. The Balaban J connectivity index is 3.37. The van der Waals surface area contributed by atoms with Gasteiger partial charge in [0.1, 0.15) is 5.78 Å². The third kappa shape index (κ3) is 3.76. The maximum Gasteiger partial charge on any atom is 0.134 e. The van der Waals surface area contributed by atoms with Gasteiger partial charge in [-0.15, -0.1) is 0 Å². The molecule has 2 heteroatoms. The van der Waals surface area contributed by atoms with Crippen molar-refractivity contribution in [2.24, 2.45) is 5.92 Å². The molecule has 0 rings (SSSR count). The van der Waals surface area contributed by atoms with Gasteiger partial charge in [-0.2, -0.15) is 0 Å². The van der Waals surface area contributed by atoms with Crippen LogP contribution in [0.15, 0.2) is 12.8 Å². The highest BCUT2D eigenvalue weighted by Gasteiger charge is 2.03. The summed E-state index contributed by atoms with van der Waals surface area (Å²) >= 11 is 0. The Bertz CT molecular complexity index is 109. The van der Waals surface area contributed by atoms with E-state index in [1.165, 1.54) is 0 Å². The van der Waals surface area contributed by atoms with E-state index in [4.69, 9.17) is 0 Å². The molecule has 0 saturated heterocycles. The number of ketones is 1. The molecule has 0 heterocycles. The largest absolute Gasteiger partial charge is 0.391 e. The second kappa shape index (κ2) is 4.13. The van der Waals surface area contributed by atoms with Gasteiger partial charge in [-0.25, -0.2) is 0 Å². The van der Waals surface area contributed by atoms with Crippen LogP contribution in [0.25, 0.3) is 0 Å². The average molecular weight is 127 g/mol. The van der Waals surface area contributed by atoms with Crippen molar-refractivity contribution < 1.29 is 4.79 Å². The number of carbonyl (C=O) groups excluding carboxylic acids is 1. The molecule has 0 spiro atoms. The Morgan fingerprint density at radius 2 is 2.44 bits per heavy atom. The zero-order valence-corrected chi connectivity index (χ0v) is 5.98. The highest BCUT2D eigenvalue weighted by molar-refractivity contribution is 5.78. The number of carbonyl (C=O) groups is 1. The summed E-state index contributed by atoms with van der Waals surface area (Å²) in [6.07, 6.45) is 1.60.